The summed E-state index contributed by atoms with van der Waals surface area (Å²) in [4.78, 5) is 1.28. The average Bonchev–Trinajstić information content (AvgIpc) is 3.06. The number of hydrogen-bond donors (Lipinski definition) is 1. The molecule has 0 radical (unpaired) electrons. The van der Waals surface area contributed by atoms with Gasteiger partial charge in [0, 0.05) is 10.4 Å². The lowest BCUT2D eigenvalue weighted by Gasteiger charge is -2.20. The fraction of sp³-hybridized carbons (Fsp3) is 0.444. The van der Waals surface area contributed by atoms with Crippen LogP contribution < -0.4 is 10.1 Å². The Bertz CT molecular complexity index is 532. The third kappa shape index (κ3) is 4.32. The Labute approximate surface area is 131 Å². The van der Waals surface area contributed by atoms with E-state index < -0.39 is 0 Å². The fourth-order valence-electron chi connectivity index (χ4n) is 3.02. The molecular weight excluding hydrogens is 278 g/mol. The first-order valence-corrected chi connectivity index (χ1v) is 8.86. The number of para-hydroxylation sites is 1. The number of benzene rings is 1. The van der Waals surface area contributed by atoms with Gasteiger partial charge in [-0.1, -0.05) is 24.6 Å². The number of thiophene rings is 1. The van der Waals surface area contributed by atoms with Gasteiger partial charge < -0.3 is 10.1 Å². The molecular formula is C18H24NOS+. The van der Waals surface area contributed by atoms with Gasteiger partial charge in [-0.25, -0.2) is 0 Å². The molecule has 1 aromatic heterocycles. The molecule has 1 fully saturated rings. The third-order valence-corrected chi connectivity index (χ3v) is 5.09. The van der Waals surface area contributed by atoms with E-state index in [0.717, 1.165) is 18.3 Å². The normalized spacial score (nSPS) is 16.0. The Balaban J connectivity index is 1.56. The molecule has 1 aliphatic carbocycles. The molecule has 3 heteroatoms. The molecule has 1 aliphatic rings. The van der Waals surface area contributed by atoms with Gasteiger partial charge in [0.15, 0.2) is 0 Å². The van der Waals surface area contributed by atoms with Crippen LogP contribution in [0.1, 0.15) is 42.5 Å². The number of hydrogen-bond acceptors (Lipinski definition) is 2. The lowest BCUT2D eigenvalue weighted by molar-refractivity contribution is -0.706. The van der Waals surface area contributed by atoms with E-state index in [9.17, 15) is 0 Å². The summed E-state index contributed by atoms with van der Waals surface area (Å²) in [5, 5.41) is 4.61. The van der Waals surface area contributed by atoms with Gasteiger partial charge in [-0.2, -0.15) is 0 Å². The zero-order valence-corrected chi connectivity index (χ0v) is 13.3. The number of ether oxygens (including phenoxy) is 1. The molecule has 0 amide bonds. The van der Waals surface area contributed by atoms with E-state index in [1.54, 1.807) is 11.3 Å². The molecule has 0 unspecified atom stereocenters. The number of nitrogens with two attached hydrogens (primary N) is 1. The van der Waals surface area contributed by atoms with Crippen LogP contribution in [0.2, 0.25) is 0 Å². The topological polar surface area (TPSA) is 25.8 Å². The van der Waals surface area contributed by atoms with Gasteiger partial charge in [0.1, 0.15) is 18.9 Å². The van der Waals surface area contributed by atoms with E-state index in [1.165, 1.54) is 42.5 Å². The van der Waals surface area contributed by atoms with Crippen molar-refractivity contribution in [3.05, 3.63) is 52.2 Å². The van der Waals surface area contributed by atoms with E-state index in [4.69, 9.17) is 4.74 Å². The van der Waals surface area contributed by atoms with Gasteiger partial charge in [0.25, 0.3) is 0 Å². The molecule has 2 nitrogen and oxygen atoms in total. The van der Waals surface area contributed by atoms with Crippen molar-refractivity contribution >= 4 is 11.3 Å². The van der Waals surface area contributed by atoms with Crippen LogP contribution in [-0.2, 0) is 13.2 Å². The first-order chi connectivity index (χ1) is 10.4. The molecule has 21 heavy (non-hydrogen) atoms. The lowest BCUT2D eigenvalue weighted by atomic mass is 9.95. The Morgan fingerprint density at radius 1 is 1.05 bits per heavy atom. The van der Waals surface area contributed by atoms with Gasteiger partial charge in [-0.05, 0) is 49.3 Å². The van der Waals surface area contributed by atoms with Gasteiger partial charge in [-0.3, -0.25) is 0 Å². The lowest BCUT2D eigenvalue weighted by Crippen LogP contribution is -2.88. The maximum absolute atomic E-state index is 6.01. The summed E-state index contributed by atoms with van der Waals surface area (Å²) in [7, 11) is 0. The predicted octanol–water partition coefficient (Wildman–Crippen LogP) is 3.72. The molecule has 2 aromatic rings. The second-order valence-corrected chi connectivity index (χ2v) is 6.85. The Morgan fingerprint density at radius 2 is 1.90 bits per heavy atom. The minimum atomic E-state index is 0.679. The summed E-state index contributed by atoms with van der Waals surface area (Å²) in [5.41, 5.74) is 1.32. The summed E-state index contributed by atoms with van der Waals surface area (Å²) in [6, 6.07) is 13.5. The van der Waals surface area contributed by atoms with Crippen LogP contribution in [0.4, 0.5) is 0 Å². The smallest absolute Gasteiger partial charge is 0.128 e. The highest BCUT2D eigenvalue weighted by atomic mass is 32.1. The first kappa shape index (κ1) is 14.6. The van der Waals surface area contributed by atoms with Gasteiger partial charge >= 0.3 is 0 Å². The maximum Gasteiger partial charge on any atom is 0.128 e. The van der Waals surface area contributed by atoms with Crippen molar-refractivity contribution in [3.63, 3.8) is 0 Å². The van der Waals surface area contributed by atoms with Crippen molar-refractivity contribution in [2.45, 2.75) is 51.3 Å². The average molecular weight is 302 g/mol. The molecule has 1 aromatic carbocycles. The zero-order chi connectivity index (χ0) is 14.3. The second-order valence-electron chi connectivity index (χ2n) is 5.81. The van der Waals surface area contributed by atoms with Crippen molar-refractivity contribution in [2.75, 3.05) is 0 Å². The highest BCUT2D eigenvalue weighted by Gasteiger charge is 2.16. The van der Waals surface area contributed by atoms with Crippen LogP contribution in [0.3, 0.4) is 0 Å². The molecule has 0 bridgehead atoms. The molecule has 0 aliphatic heterocycles. The first-order valence-electron chi connectivity index (χ1n) is 7.98. The number of quaternary nitrogens is 1. The van der Waals surface area contributed by atoms with Crippen molar-refractivity contribution < 1.29 is 10.1 Å². The Morgan fingerprint density at radius 3 is 2.71 bits per heavy atom. The van der Waals surface area contributed by atoms with E-state index in [-0.39, 0.29) is 0 Å². The van der Waals surface area contributed by atoms with Gasteiger partial charge in [0.2, 0.25) is 0 Å². The van der Waals surface area contributed by atoms with E-state index >= 15 is 0 Å². The van der Waals surface area contributed by atoms with Gasteiger partial charge in [0.05, 0.1) is 6.04 Å². The summed E-state index contributed by atoms with van der Waals surface area (Å²) in [5.74, 6) is 1.04. The van der Waals surface area contributed by atoms with Crippen LogP contribution in [-0.4, -0.2) is 6.04 Å². The second kappa shape index (κ2) is 7.62. The van der Waals surface area contributed by atoms with E-state index in [0.29, 0.717) is 6.61 Å². The van der Waals surface area contributed by atoms with Crippen LogP contribution >= 0.6 is 11.3 Å². The summed E-state index contributed by atoms with van der Waals surface area (Å²) >= 11 is 1.75. The molecule has 0 spiro atoms. The molecule has 1 heterocycles. The molecule has 3 rings (SSSR count). The fourth-order valence-corrected chi connectivity index (χ4v) is 3.64. The predicted molar refractivity (Wildman–Crippen MR) is 87.6 cm³/mol. The molecule has 0 saturated heterocycles. The van der Waals surface area contributed by atoms with Crippen molar-refractivity contribution in [1.29, 1.82) is 0 Å². The minimum absolute atomic E-state index is 0.679. The van der Waals surface area contributed by atoms with E-state index in [1.807, 2.05) is 0 Å². The van der Waals surface area contributed by atoms with Crippen LogP contribution in [0.15, 0.2) is 41.8 Å². The van der Waals surface area contributed by atoms with Crippen molar-refractivity contribution in [2.24, 2.45) is 0 Å². The van der Waals surface area contributed by atoms with Crippen LogP contribution in [0, 0.1) is 0 Å². The largest absolute Gasteiger partial charge is 0.488 e. The standard InChI is InChI=1S/C18H23NOS/c1-2-8-16(9-3-1)19-13-15-7-4-5-11-18(15)20-14-17-10-6-12-21-17/h4-7,10-12,16,19H,1-3,8-9,13-14H2/p+1. The quantitative estimate of drug-likeness (QED) is 0.864. The molecule has 2 N–H and O–H groups in total. The minimum Gasteiger partial charge on any atom is -0.488 e. The summed E-state index contributed by atoms with van der Waals surface area (Å²) in [6.07, 6.45) is 6.97. The Kier molecular flexibility index (Phi) is 5.30. The molecule has 112 valence electrons. The highest BCUT2D eigenvalue weighted by Crippen LogP contribution is 2.20. The maximum atomic E-state index is 6.01. The van der Waals surface area contributed by atoms with Crippen LogP contribution in [0.5, 0.6) is 5.75 Å². The summed E-state index contributed by atoms with van der Waals surface area (Å²) in [6.45, 7) is 1.71. The highest BCUT2D eigenvalue weighted by molar-refractivity contribution is 7.09. The number of rotatable bonds is 6. The molecule has 1 saturated carbocycles. The van der Waals surface area contributed by atoms with Crippen LogP contribution in [0.25, 0.3) is 0 Å². The van der Waals surface area contributed by atoms with Crippen molar-refractivity contribution in [1.82, 2.24) is 0 Å². The Hall–Kier alpha value is -1.32. The third-order valence-electron chi connectivity index (χ3n) is 4.24. The molecule has 0 atom stereocenters. The van der Waals surface area contributed by atoms with Crippen molar-refractivity contribution in [3.8, 4) is 5.75 Å². The monoisotopic (exact) mass is 302 g/mol. The van der Waals surface area contributed by atoms with Gasteiger partial charge in [-0.15, -0.1) is 11.3 Å². The van der Waals surface area contributed by atoms with E-state index in [2.05, 4.69) is 47.1 Å². The summed E-state index contributed by atoms with van der Waals surface area (Å²) < 4.78 is 6.01. The zero-order valence-electron chi connectivity index (χ0n) is 12.5. The SMILES string of the molecule is c1csc(COc2ccccc2C[NH2+]C2CCCCC2)c1.